The summed E-state index contributed by atoms with van der Waals surface area (Å²) in [6, 6.07) is 9.94. The molecule has 0 radical (unpaired) electrons. The number of carbonyl (C=O) groups is 2. The Kier molecular flexibility index (Phi) is 7.17. The van der Waals surface area contributed by atoms with Gasteiger partial charge in [0, 0.05) is 16.6 Å². The molecule has 1 aromatic carbocycles. The number of benzene rings is 1. The number of fused-ring (bicyclic) bond motifs is 1. The van der Waals surface area contributed by atoms with Gasteiger partial charge in [-0.15, -0.1) is 11.8 Å². The number of thioether (sulfide) groups is 1. The summed E-state index contributed by atoms with van der Waals surface area (Å²) in [6.07, 6.45) is 10.0. The lowest BCUT2D eigenvalue weighted by Crippen LogP contribution is -2.65. The molecule has 2 aliphatic rings. The average Bonchev–Trinajstić information content (AvgIpc) is 3.20. The molecule has 1 aliphatic carbocycles. The van der Waals surface area contributed by atoms with Crippen LogP contribution in [0.5, 0.6) is 0 Å². The molecule has 33 heavy (non-hydrogen) atoms. The van der Waals surface area contributed by atoms with Crippen LogP contribution in [0.4, 0.5) is 5.69 Å². The lowest BCUT2D eigenvalue weighted by Gasteiger charge is -2.44. The molecule has 0 saturated heterocycles. The van der Waals surface area contributed by atoms with E-state index in [0.29, 0.717) is 12.2 Å². The summed E-state index contributed by atoms with van der Waals surface area (Å²) in [5, 5.41) is 8.03. The Bertz CT molecular complexity index is 1010. The van der Waals surface area contributed by atoms with Crippen molar-refractivity contribution >= 4 is 29.3 Å². The number of nitrogens with zero attached hydrogens (tertiary/aromatic N) is 3. The number of anilines is 1. The number of hydrogen-bond donors (Lipinski definition) is 1. The second kappa shape index (κ2) is 9.92. The van der Waals surface area contributed by atoms with Gasteiger partial charge >= 0.3 is 0 Å². The second-order valence-corrected chi connectivity index (χ2v) is 10.8. The molecule has 178 valence electrons. The van der Waals surface area contributed by atoms with Crippen molar-refractivity contribution in [3.63, 3.8) is 0 Å². The fourth-order valence-corrected chi connectivity index (χ4v) is 5.43. The van der Waals surface area contributed by atoms with E-state index in [4.69, 9.17) is 5.10 Å². The van der Waals surface area contributed by atoms with E-state index in [1.54, 1.807) is 21.3 Å². The van der Waals surface area contributed by atoms with Gasteiger partial charge in [-0.05, 0) is 56.2 Å². The lowest BCUT2D eigenvalue weighted by molar-refractivity contribution is -0.127. The molecule has 0 spiro atoms. The zero-order chi connectivity index (χ0) is 23.6. The van der Waals surface area contributed by atoms with Crippen molar-refractivity contribution in [1.82, 2.24) is 15.1 Å². The molecule has 1 aromatic heterocycles. The number of amides is 2. The number of nitrogens with one attached hydrogen (secondary N) is 1. The SMILES string of the molecule is CSc1cccc(N2C(=O)c3cc(C(C)C)nn3CC2(C)C(=O)NC2CCCCCCC2)c1. The summed E-state index contributed by atoms with van der Waals surface area (Å²) >= 11 is 1.63. The van der Waals surface area contributed by atoms with Gasteiger partial charge in [0.05, 0.1) is 12.2 Å². The third-order valence-electron chi connectivity index (χ3n) is 7.00. The molecule has 2 aromatic rings. The van der Waals surface area contributed by atoms with Gasteiger partial charge in [-0.1, -0.05) is 52.0 Å². The van der Waals surface area contributed by atoms with Crippen molar-refractivity contribution < 1.29 is 9.59 Å². The highest BCUT2D eigenvalue weighted by Crippen LogP contribution is 2.35. The minimum Gasteiger partial charge on any atom is -0.351 e. The van der Waals surface area contributed by atoms with Crippen LogP contribution in [0.25, 0.3) is 0 Å². The summed E-state index contributed by atoms with van der Waals surface area (Å²) in [7, 11) is 0. The summed E-state index contributed by atoms with van der Waals surface area (Å²) in [5.41, 5.74) is 1.11. The van der Waals surface area contributed by atoms with E-state index < -0.39 is 5.54 Å². The van der Waals surface area contributed by atoms with Gasteiger partial charge in [0.15, 0.2) is 0 Å². The van der Waals surface area contributed by atoms with Crippen molar-refractivity contribution in [3.05, 3.63) is 41.7 Å². The van der Waals surface area contributed by atoms with Gasteiger partial charge in [0.1, 0.15) is 11.2 Å². The number of aromatic nitrogens is 2. The average molecular weight is 469 g/mol. The maximum absolute atomic E-state index is 13.9. The highest BCUT2D eigenvalue weighted by Gasteiger charge is 2.49. The molecule has 7 heteroatoms. The summed E-state index contributed by atoms with van der Waals surface area (Å²) < 4.78 is 1.74. The van der Waals surface area contributed by atoms with Crippen molar-refractivity contribution in [2.75, 3.05) is 11.2 Å². The van der Waals surface area contributed by atoms with Crippen LogP contribution in [0.3, 0.4) is 0 Å². The first kappa shape index (κ1) is 23.9. The number of rotatable bonds is 5. The predicted octanol–water partition coefficient (Wildman–Crippen LogP) is 5.38. The topological polar surface area (TPSA) is 67.2 Å². The monoisotopic (exact) mass is 468 g/mol. The Balaban J connectivity index is 1.72. The minimum absolute atomic E-state index is 0.0942. The van der Waals surface area contributed by atoms with E-state index in [1.807, 2.05) is 43.5 Å². The molecule has 1 atom stereocenters. The Labute approximate surface area is 201 Å². The van der Waals surface area contributed by atoms with Crippen LogP contribution in [0, 0.1) is 0 Å². The first-order valence-corrected chi connectivity index (χ1v) is 13.4. The van der Waals surface area contributed by atoms with Crippen LogP contribution in [0.1, 0.15) is 87.8 Å². The third-order valence-corrected chi connectivity index (χ3v) is 7.73. The molecular weight excluding hydrogens is 432 g/mol. The Morgan fingerprint density at radius 3 is 2.52 bits per heavy atom. The van der Waals surface area contributed by atoms with Gasteiger partial charge in [-0.2, -0.15) is 5.10 Å². The quantitative estimate of drug-likeness (QED) is 0.599. The fourth-order valence-electron chi connectivity index (χ4n) is 4.98. The van der Waals surface area contributed by atoms with E-state index in [0.717, 1.165) is 42.0 Å². The van der Waals surface area contributed by atoms with E-state index in [2.05, 4.69) is 19.2 Å². The number of hydrogen-bond acceptors (Lipinski definition) is 4. The highest BCUT2D eigenvalue weighted by molar-refractivity contribution is 7.98. The fraction of sp³-hybridized carbons (Fsp3) is 0.577. The first-order valence-electron chi connectivity index (χ1n) is 12.2. The predicted molar refractivity (Wildman–Crippen MR) is 134 cm³/mol. The number of carbonyl (C=O) groups excluding carboxylic acids is 2. The first-order chi connectivity index (χ1) is 15.8. The summed E-state index contributed by atoms with van der Waals surface area (Å²) in [4.78, 5) is 30.5. The van der Waals surface area contributed by atoms with Gasteiger partial charge in [0.2, 0.25) is 5.91 Å². The van der Waals surface area contributed by atoms with Crippen molar-refractivity contribution in [2.24, 2.45) is 0 Å². The van der Waals surface area contributed by atoms with Crippen LogP contribution in [-0.2, 0) is 11.3 Å². The van der Waals surface area contributed by atoms with Crippen LogP contribution in [0.15, 0.2) is 35.2 Å². The maximum Gasteiger partial charge on any atom is 0.277 e. The Morgan fingerprint density at radius 2 is 1.85 bits per heavy atom. The van der Waals surface area contributed by atoms with Crippen molar-refractivity contribution in [1.29, 1.82) is 0 Å². The van der Waals surface area contributed by atoms with Gasteiger partial charge in [-0.25, -0.2) is 0 Å². The molecule has 0 bridgehead atoms. The Hall–Kier alpha value is -2.28. The molecule has 1 N–H and O–H groups in total. The van der Waals surface area contributed by atoms with Crippen LogP contribution in [-0.4, -0.2) is 39.4 Å². The minimum atomic E-state index is -1.07. The normalized spacial score (nSPS) is 22.1. The Morgan fingerprint density at radius 1 is 1.15 bits per heavy atom. The van der Waals surface area contributed by atoms with E-state index >= 15 is 0 Å². The van der Waals surface area contributed by atoms with Crippen LogP contribution < -0.4 is 10.2 Å². The molecule has 6 nitrogen and oxygen atoms in total. The van der Waals surface area contributed by atoms with Gasteiger partial charge in [0.25, 0.3) is 5.91 Å². The van der Waals surface area contributed by atoms with Crippen LogP contribution >= 0.6 is 11.8 Å². The standard InChI is InChI=1S/C26H36N4O2S/c1-18(2)22-16-23-24(31)30(20-13-10-14-21(15-20)33-4)26(3,17-29(23)28-22)25(32)27-19-11-8-6-5-7-9-12-19/h10,13-16,18-19H,5-9,11-12,17H2,1-4H3,(H,27,32). The van der Waals surface area contributed by atoms with E-state index in [9.17, 15) is 9.59 Å². The molecule has 1 fully saturated rings. The molecule has 2 heterocycles. The van der Waals surface area contributed by atoms with Crippen molar-refractivity contribution in [3.8, 4) is 0 Å². The molecule has 1 saturated carbocycles. The zero-order valence-corrected chi connectivity index (χ0v) is 21.1. The smallest absolute Gasteiger partial charge is 0.277 e. The van der Waals surface area contributed by atoms with Crippen LogP contribution in [0.2, 0.25) is 0 Å². The van der Waals surface area contributed by atoms with Crippen molar-refractivity contribution in [2.45, 2.75) is 94.7 Å². The molecule has 1 unspecified atom stereocenters. The largest absolute Gasteiger partial charge is 0.351 e. The summed E-state index contributed by atoms with van der Waals surface area (Å²) in [5.74, 6) is -0.0587. The maximum atomic E-state index is 13.9. The van der Waals surface area contributed by atoms with Gasteiger partial charge in [-0.3, -0.25) is 19.2 Å². The van der Waals surface area contributed by atoms with E-state index in [-0.39, 0.29) is 23.8 Å². The zero-order valence-electron chi connectivity index (χ0n) is 20.3. The lowest BCUT2D eigenvalue weighted by atomic mass is 9.91. The molecular formula is C26H36N4O2S. The van der Waals surface area contributed by atoms with E-state index in [1.165, 1.54) is 19.3 Å². The molecule has 4 rings (SSSR count). The van der Waals surface area contributed by atoms with Gasteiger partial charge < -0.3 is 5.32 Å². The molecule has 2 amide bonds. The molecule has 1 aliphatic heterocycles. The highest BCUT2D eigenvalue weighted by atomic mass is 32.2. The third kappa shape index (κ3) is 4.84. The summed E-state index contributed by atoms with van der Waals surface area (Å²) in [6.45, 7) is 6.36. The second-order valence-electron chi connectivity index (χ2n) is 9.90.